The maximum absolute atomic E-state index is 12.8. The number of nitrogens with zero attached hydrogens (tertiary/aromatic N) is 3. The minimum atomic E-state index is -3.94. The van der Waals surface area contributed by atoms with Gasteiger partial charge in [-0.15, -0.1) is 0 Å². The van der Waals surface area contributed by atoms with Crippen molar-refractivity contribution >= 4 is 44.6 Å². The van der Waals surface area contributed by atoms with Gasteiger partial charge in [-0.25, -0.2) is 8.42 Å². The highest BCUT2D eigenvalue weighted by atomic mass is 35.5. The molecule has 26 heavy (non-hydrogen) atoms. The van der Waals surface area contributed by atoms with Gasteiger partial charge < -0.3 is 4.90 Å². The van der Waals surface area contributed by atoms with Crippen LogP contribution in [-0.2, 0) is 10.0 Å². The summed E-state index contributed by atoms with van der Waals surface area (Å²) in [6, 6.07) is 10.6. The smallest absolute Gasteiger partial charge is 0.289 e. The first-order valence-electron chi connectivity index (χ1n) is 7.74. The standard InChI is InChI=1S/C16H15Cl2N3O4S/c17-13-6-5-12(11-14(13)18)19-7-9-20(10-8-19)26(24,25)16-4-2-1-3-15(16)21(22)23/h1-6,11H,7-10H2. The molecule has 7 nitrogen and oxygen atoms in total. The molecule has 3 rings (SSSR count). The van der Waals surface area contributed by atoms with Crippen LogP contribution in [0.25, 0.3) is 0 Å². The molecule has 2 aromatic carbocycles. The zero-order chi connectivity index (χ0) is 18.9. The molecular weight excluding hydrogens is 401 g/mol. The van der Waals surface area contributed by atoms with E-state index in [-0.39, 0.29) is 18.0 Å². The van der Waals surface area contributed by atoms with Crippen LogP contribution in [0.4, 0.5) is 11.4 Å². The van der Waals surface area contributed by atoms with Gasteiger partial charge in [0.15, 0.2) is 4.90 Å². The van der Waals surface area contributed by atoms with E-state index in [2.05, 4.69) is 0 Å². The Morgan fingerprint density at radius 3 is 2.23 bits per heavy atom. The number of nitro groups is 1. The molecule has 0 bridgehead atoms. The van der Waals surface area contributed by atoms with E-state index in [0.717, 1.165) is 5.69 Å². The third kappa shape index (κ3) is 3.64. The molecule has 1 aliphatic heterocycles. The number of rotatable bonds is 4. The normalized spacial score (nSPS) is 15.8. The molecule has 1 heterocycles. The molecule has 138 valence electrons. The Labute approximate surface area is 160 Å². The molecule has 10 heteroatoms. The SMILES string of the molecule is O=[N+]([O-])c1ccccc1S(=O)(=O)N1CCN(c2ccc(Cl)c(Cl)c2)CC1. The molecule has 1 saturated heterocycles. The first-order valence-corrected chi connectivity index (χ1v) is 9.94. The van der Waals surface area contributed by atoms with Crippen molar-refractivity contribution in [2.75, 3.05) is 31.1 Å². The summed E-state index contributed by atoms with van der Waals surface area (Å²) >= 11 is 12.0. The van der Waals surface area contributed by atoms with Gasteiger partial charge in [0.05, 0.1) is 15.0 Å². The molecule has 0 aromatic heterocycles. The number of hydrogen-bond donors (Lipinski definition) is 0. The van der Waals surface area contributed by atoms with Gasteiger partial charge in [-0.1, -0.05) is 35.3 Å². The van der Waals surface area contributed by atoms with Crippen LogP contribution in [0, 0.1) is 10.1 Å². The third-order valence-corrected chi connectivity index (χ3v) is 6.87. The van der Waals surface area contributed by atoms with Crippen LogP contribution >= 0.6 is 23.2 Å². The average molecular weight is 416 g/mol. The fraction of sp³-hybridized carbons (Fsp3) is 0.250. The Hall–Kier alpha value is -1.87. The fourth-order valence-electron chi connectivity index (χ4n) is 2.83. The molecule has 0 aliphatic carbocycles. The van der Waals surface area contributed by atoms with Gasteiger partial charge in [-0.05, 0) is 24.3 Å². The highest BCUT2D eigenvalue weighted by molar-refractivity contribution is 7.89. The van der Waals surface area contributed by atoms with Gasteiger partial charge in [0.25, 0.3) is 5.69 Å². The topological polar surface area (TPSA) is 83.8 Å². The minimum absolute atomic E-state index is 0.217. The lowest BCUT2D eigenvalue weighted by molar-refractivity contribution is -0.387. The Bertz CT molecular complexity index is 944. The molecule has 0 spiro atoms. The number of hydrogen-bond acceptors (Lipinski definition) is 5. The van der Waals surface area contributed by atoms with Crippen molar-refractivity contribution in [2.45, 2.75) is 4.90 Å². The summed E-state index contributed by atoms with van der Waals surface area (Å²) in [6.07, 6.45) is 0. The van der Waals surface area contributed by atoms with E-state index < -0.39 is 20.6 Å². The number of sulfonamides is 1. The summed E-state index contributed by atoms with van der Waals surface area (Å²) in [5.74, 6) is 0. The van der Waals surface area contributed by atoms with Gasteiger partial charge in [0, 0.05) is 37.9 Å². The number of nitro benzene ring substituents is 1. The maximum atomic E-state index is 12.8. The van der Waals surface area contributed by atoms with Crippen molar-refractivity contribution in [1.29, 1.82) is 0 Å². The largest absolute Gasteiger partial charge is 0.369 e. The van der Waals surface area contributed by atoms with E-state index in [4.69, 9.17) is 23.2 Å². The van der Waals surface area contributed by atoms with Crippen LogP contribution in [-0.4, -0.2) is 43.8 Å². The van der Waals surface area contributed by atoms with E-state index in [0.29, 0.717) is 23.1 Å². The van der Waals surface area contributed by atoms with Crippen LogP contribution < -0.4 is 4.90 Å². The Kier molecular flexibility index (Phi) is 5.38. The van der Waals surface area contributed by atoms with E-state index in [1.54, 1.807) is 12.1 Å². The monoisotopic (exact) mass is 415 g/mol. The fourth-order valence-corrected chi connectivity index (χ4v) is 4.71. The van der Waals surface area contributed by atoms with Gasteiger partial charge in [0.2, 0.25) is 10.0 Å². The van der Waals surface area contributed by atoms with Crippen LogP contribution in [0.2, 0.25) is 10.0 Å². The van der Waals surface area contributed by atoms with Crippen molar-refractivity contribution < 1.29 is 13.3 Å². The van der Waals surface area contributed by atoms with Crippen LogP contribution in [0.3, 0.4) is 0 Å². The zero-order valence-electron chi connectivity index (χ0n) is 13.5. The second-order valence-electron chi connectivity index (χ2n) is 5.71. The summed E-state index contributed by atoms with van der Waals surface area (Å²) in [5.41, 5.74) is 0.432. The molecule has 1 aliphatic rings. The Morgan fingerprint density at radius 1 is 0.962 bits per heavy atom. The second-order valence-corrected chi connectivity index (χ2v) is 8.44. The second kappa shape index (κ2) is 7.40. The van der Waals surface area contributed by atoms with Crippen LogP contribution in [0.5, 0.6) is 0 Å². The van der Waals surface area contributed by atoms with Crippen molar-refractivity contribution in [2.24, 2.45) is 0 Å². The first kappa shape index (κ1) is 18.9. The quantitative estimate of drug-likeness (QED) is 0.564. The molecule has 0 amide bonds. The van der Waals surface area contributed by atoms with E-state index in [9.17, 15) is 18.5 Å². The van der Waals surface area contributed by atoms with Crippen molar-refractivity contribution in [1.82, 2.24) is 4.31 Å². The predicted molar refractivity (Wildman–Crippen MR) is 101 cm³/mol. The van der Waals surface area contributed by atoms with Crippen molar-refractivity contribution in [3.8, 4) is 0 Å². The Morgan fingerprint density at radius 2 is 1.62 bits per heavy atom. The Balaban J connectivity index is 1.79. The number of anilines is 1. The summed E-state index contributed by atoms with van der Waals surface area (Å²) in [6.45, 7) is 1.32. The van der Waals surface area contributed by atoms with Gasteiger partial charge in [-0.3, -0.25) is 10.1 Å². The lowest BCUT2D eigenvalue weighted by atomic mass is 10.2. The zero-order valence-corrected chi connectivity index (χ0v) is 15.8. The first-order chi connectivity index (χ1) is 12.3. The number of piperazine rings is 1. The number of benzene rings is 2. The van der Waals surface area contributed by atoms with Crippen molar-refractivity contribution in [3.63, 3.8) is 0 Å². The molecule has 0 radical (unpaired) electrons. The highest BCUT2D eigenvalue weighted by Crippen LogP contribution is 2.30. The van der Waals surface area contributed by atoms with Gasteiger partial charge in [-0.2, -0.15) is 4.31 Å². The van der Waals surface area contributed by atoms with E-state index >= 15 is 0 Å². The summed E-state index contributed by atoms with van der Waals surface area (Å²) < 4.78 is 26.9. The lowest BCUT2D eigenvalue weighted by Gasteiger charge is -2.35. The lowest BCUT2D eigenvalue weighted by Crippen LogP contribution is -2.48. The van der Waals surface area contributed by atoms with Crippen molar-refractivity contribution in [3.05, 3.63) is 62.6 Å². The van der Waals surface area contributed by atoms with Crippen LogP contribution in [0.1, 0.15) is 0 Å². The molecule has 0 saturated carbocycles. The summed E-state index contributed by atoms with van der Waals surface area (Å²) in [5, 5.41) is 12.0. The average Bonchev–Trinajstić information content (AvgIpc) is 2.64. The molecule has 1 fully saturated rings. The molecule has 0 atom stereocenters. The predicted octanol–water partition coefficient (Wildman–Crippen LogP) is 3.41. The third-order valence-electron chi connectivity index (χ3n) is 4.19. The minimum Gasteiger partial charge on any atom is -0.369 e. The maximum Gasteiger partial charge on any atom is 0.289 e. The number of halogens is 2. The molecule has 2 aromatic rings. The van der Waals surface area contributed by atoms with E-state index in [1.165, 1.54) is 28.6 Å². The highest BCUT2D eigenvalue weighted by Gasteiger charge is 2.33. The number of para-hydroxylation sites is 1. The molecule has 0 N–H and O–H groups in total. The molecule has 0 unspecified atom stereocenters. The summed E-state index contributed by atoms with van der Waals surface area (Å²) in [7, 11) is -3.94. The van der Waals surface area contributed by atoms with Gasteiger partial charge in [0.1, 0.15) is 0 Å². The van der Waals surface area contributed by atoms with Crippen LogP contribution in [0.15, 0.2) is 47.4 Å². The van der Waals surface area contributed by atoms with Gasteiger partial charge >= 0.3 is 0 Å². The summed E-state index contributed by atoms with van der Waals surface area (Å²) in [4.78, 5) is 12.2. The molecular formula is C16H15Cl2N3O4S. The van der Waals surface area contributed by atoms with E-state index in [1.807, 2.05) is 11.0 Å².